The van der Waals surface area contributed by atoms with E-state index >= 15 is 0 Å². The minimum absolute atomic E-state index is 0.182. The zero-order valence-corrected chi connectivity index (χ0v) is 10.2. The van der Waals surface area contributed by atoms with Crippen LogP contribution in [0.5, 0.6) is 11.5 Å². The second-order valence-corrected chi connectivity index (χ2v) is 3.72. The predicted molar refractivity (Wildman–Crippen MR) is 65.9 cm³/mol. The van der Waals surface area contributed by atoms with Gasteiger partial charge in [-0.25, -0.2) is 4.98 Å². The van der Waals surface area contributed by atoms with Crippen LogP contribution in [-0.2, 0) is 0 Å². The predicted octanol–water partition coefficient (Wildman–Crippen LogP) is 2.00. The van der Waals surface area contributed by atoms with Crippen molar-refractivity contribution < 1.29 is 14.3 Å². The Morgan fingerprint density at radius 3 is 2.67 bits per heavy atom. The summed E-state index contributed by atoms with van der Waals surface area (Å²) in [5, 5.41) is 0. The van der Waals surface area contributed by atoms with Crippen LogP contribution in [0.15, 0.2) is 43.0 Å². The number of benzene rings is 1. The highest BCUT2D eigenvalue weighted by atomic mass is 16.5. The van der Waals surface area contributed by atoms with E-state index in [1.807, 2.05) is 12.1 Å². The van der Waals surface area contributed by atoms with Crippen molar-refractivity contribution >= 4 is 5.91 Å². The van der Waals surface area contributed by atoms with Crippen LogP contribution >= 0.6 is 0 Å². The number of para-hydroxylation sites is 2. The molecule has 0 saturated carbocycles. The first-order valence-corrected chi connectivity index (χ1v) is 5.54. The molecule has 0 N–H and O–H groups in total. The molecule has 0 bridgehead atoms. The minimum atomic E-state index is -0.615. The van der Waals surface area contributed by atoms with Gasteiger partial charge >= 0.3 is 0 Å². The molecular formula is C13H14N2O3. The second kappa shape index (κ2) is 5.35. The second-order valence-electron chi connectivity index (χ2n) is 3.72. The zero-order valence-electron chi connectivity index (χ0n) is 10.2. The van der Waals surface area contributed by atoms with Crippen LogP contribution in [0.3, 0.4) is 0 Å². The molecule has 2 aromatic rings. The van der Waals surface area contributed by atoms with E-state index in [0.717, 1.165) is 0 Å². The van der Waals surface area contributed by atoms with Crippen molar-refractivity contribution in [1.29, 1.82) is 0 Å². The molecule has 5 heteroatoms. The lowest BCUT2D eigenvalue weighted by molar-refractivity contribution is 0.0723. The van der Waals surface area contributed by atoms with Crippen LogP contribution < -0.4 is 9.47 Å². The van der Waals surface area contributed by atoms with Gasteiger partial charge in [-0.15, -0.1) is 0 Å². The van der Waals surface area contributed by atoms with Crippen LogP contribution in [0.4, 0.5) is 0 Å². The molecule has 1 atom stereocenters. The molecule has 2 rings (SSSR count). The van der Waals surface area contributed by atoms with Crippen LogP contribution in [0.2, 0.25) is 0 Å². The van der Waals surface area contributed by atoms with E-state index in [9.17, 15) is 4.79 Å². The van der Waals surface area contributed by atoms with Crippen molar-refractivity contribution in [3.63, 3.8) is 0 Å². The Morgan fingerprint density at radius 1 is 1.33 bits per heavy atom. The highest BCUT2D eigenvalue weighted by molar-refractivity contribution is 5.83. The molecule has 0 spiro atoms. The fourth-order valence-corrected chi connectivity index (χ4v) is 1.56. The summed E-state index contributed by atoms with van der Waals surface area (Å²) in [7, 11) is 1.56. The van der Waals surface area contributed by atoms with Crippen molar-refractivity contribution in [2.75, 3.05) is 7.11 Å². The molecular weight excluding hydrogens is 232 g/mol. The monoisotopic (exact) mass is 246 g/mol. The number of nitrogens with zero attached hydrogens (tertiary/aromatic N) is 2. The first kappa shape index (κ1) is 12.2. The van der Waals surface area contributed by atoms with Gasteiger partial charge in [-0.3, -0.25) is 9.36 Å². The number of methoxy groups -OCH3 is 1. The molecule has 94 valence electrons. The highest BCUT2D eigenvalue weighted by Crippen LogP contribution is 2.26. The van der Waals surface area contributed by atoms with Crippen molar-refractivity contribution in [1.82, 2.24) is 9.55 Å². The maximum Gasteiger partial charge on any atom is 0.272 e. The molecule has 5 nitrogen and oxygen atoms in total. The number of hydrogen-bond donors (Lipinski definition) is 0. The first-order chi connectivity index (χ1) is 8.72. The molecule has 1 heterocycles. The molecule has 0 saturated heterocycles. The van der Waals surface area contributed by atoms with Crippen molar-refractivity contribution in [2.45, 2.75) is 13.0 Å². The minimum Gasteiger partial charge on any atom is -0.493 e. The fraction of sp³-hybridized carbons (Fsp3) is 0.231. The van der Waals surface area contributed by atoms with Gasteiger partial charge in [0.2, 0.25) is 0 Å². The number of ether oxygens (including phenoxy) is 2. The van der Waals surface area contributed by atoms with Crippen molar-refractivity contribution in [2.24, 2.45) is 0 Å². The Bertz CT molecular complexity index is 523. The van der Waals surface area contributed by atoms with Crippen LogP contribution in [0.25, 0.3) is 0 Å². The van der Waals surface area contributed by atoms with E-state index in [2.05, 4.69) is 4.98 Å². The Labute approximate surface area is 105 Å². The number of imidazole rings is 1. The average Bonchev–Trinajstić information content (AvgIpc) is 2.92. The molecule has 0 aliphatic rings. The van der Waals surface area contributed by atoms with Crippen LogP contribution in [-0.4, -0.2) is 28.7 Å². The number of rotatable bonds is 4. The van der Waals surface area contributed by atoms with Gasteiger partial charge in [0.05, 0.1) is 7.11 Å². The molecule has 0 aliphatic heterocycles. The van der Waals surface area contributed by atoms with Crippen molar-refractivity contribution in [3.8, 4) is 11.5 Å². The first-order valence-electron chi connectivity index (χ1n) is 5.54. The van der Waals surface area contributed by atoms with E-state index in [1.54, 1.807) is 38.6 Å². The number of aromatic nitrogens is 2. The number of hydrogen-bond acceptors (Lipinski definition) is 4. The number of carbonyl (C=O) groups excluding carboxylic acids is 1. The number of carbonyl (C=O) groups is 1. The summed E-state index contributed by atoms with van der Waals surface area (Å²) >= 11 is 0. The fourth-order valence-electron chi connectivity index (χ4n) is 1.56. The lowest BCUT2D eigenvalue weighted by Gasteiger charge is -2.15. The van der Waals surface area contributed by atoms with Gasteiger partial charge in [-0.2, -0.15) is 0 Å². The molecule has 0 amide bonds. The highest BCUT2D eigenvalue weighted by Gasteiger charge is 2.17. The summed E-state index contributed by atoms with van der Waals surface area (Å²) in [5.74, 6) is 0.960. The Morgan fingerprint density at radius 2 is 2.06 bits per heavy atom. The third kappa shape index (κ3) is 2.51. The Hall–Kier alpha value is -2.30. The SMILES string of the molecule is COc1ccccc1OC(C)C(=O)n1ccnc1. The zero-order chi connectivity index (χ0) is 13.0. The third-order valence-corrected chi connectivity index (χ3v) is 2.48. The summed E-state index contributed by atoms with van der Waals surface area (Å²) in [6.07, 6.45) is 3.97. The van der Waals surface area contributed by atoms with Gasteiger partial charge < -0.3 is 9.47 Å². The summed E-state index contributed by atoms with van der Waals surface area (Å²) in [6.45, 7) is 1.69. The Kier molecular flexibility index (Phi) is 3.62. The molecule has 0 radical (unpaired) electrons. The lowest BCUT2D eigenvalue weighted by Crippen LogP contribution is -2.28. The van der Waals surface area contributed by atoms with Gasteiger partial charge in [0, 0.05) is 12.4 Å². The average molecular weight is 246 g/mol. The van der Waals surface area contributed by atoms with E-state index in [0.29, 0.717) is 11.5 Å². The quantitative estimate of drug-likeness (QED) is 0.828. The summed E-state index contributed by atoms with van der Waals surface area (Å²) in [5.41, 5.74) is 0. The van der Waals surface area contributed by atoms with Gasteiger partial charge in [-0.05, 0) is 19.1 Å². The molecule has 0 aliphatic carbocycles. The van der Waals surface area contributed by atoms with Gasteiger partial charge in [0.25, 0.3) is 5.91 Å². The normalized spacial score (nSPS) is 11.9. The van der Waals surface area contributed by atoms with Crippen LogP contribution in [0, 0.1) is 0 Å². The topological polar surface area (TPSA) is 53.4 Å². The molecule has 18 heavy (non-hydrogen) atoms. The molecule has 1 unspecified atom stereocenters. The van der Waals surface area contributed by atoms with Crippen LogP contribution in [0.1, 0.15) is 11.7 Å². The van der Waals surface area contributed by atoms with Gasteiger partial charge in [-0.1, -0.05) is 12.1 Å². The summed E-state index contributed by atoms with van der Waals surface area (Å²) in [6, 6.07) is 7.21. The maximum atomic E-state index is 12.0. The van der Waals surface area contributed by atoms with Gasteiger partial charge in [0.1, 0.15) is 6.33 Å². The summed E-state index contributed by atoms with van der Waals surface area (Å²) < 4.78 is 12.1. The summed E-state index contributed by atoms with van der Waals surface area (Å²) in [4.78, 5) is 15.8. The van der Waals surface area contributed by atoms with E-state index in [-0.39, 0.29) is 5.91 Å². The van der Waals surface area contributed by atoms with E-state index in [4.69, 9.17) is 9.47 Å². The largest absolute Gasteiger partial charge is 0.493 e. The molecule has 0 fully saturated rings. The maximum absolute atomic E-state index is 12.0. The standard InChI is InChI=1S/C13H14N2O3/c1-10(13(16)15-8-7-14-9-15)18-12-6-4-3-5-11(12)17-2/h3-10H,1-2H3. The lowest BCUT2D eigenvalue weighted by atomic mass is 10.3. The molecule has 1 aromatic carbocycles. The molecule has 1 aromatic heterocycles. The van der Waals surface area contributed by atoms with Gasteiger partial charge in [0.15, 0.2) is 17.6 Å². The van der Waals surface area contributed by atoms with Crippen molar-refractivity contribution in [3.05, 3.63) is 43.0 Å². The van der Waals surface area contributed by atoms with E-state index < -0.39 is 6.10 Å². The smallest absolute Gasteiger partial charge is 0.272 e. The Balaban J connectivity index is 2.11. The van der Waals surface area contributed by atoms with E-state index in [1.165, 1.54) is 10.9 Å². The third-order valence-electron chi connectivity index (χ3n) is 2.48.